The molecule has 2 aromatic heterocycles. The van der Waals surface area contributed by atoms with E-state index in [0.717, 1.165) is 30.3 Å². The number of amides is 1. The van der Waals surface area contributed by atoms with Crippen LogP contribution in [-0.2, 0) is 0 Å². The summed E-state index contributed by atoms with van der Waals surface area (Å²) in [6, 6.07) is 9.59. The quantitative estimate of drug-likeness (QED) is 0.775. The molecule has 3 aromatic rings. The zero-order valence-corrected chi connectivity index (χ0v) is 14.4. The van der Waals surface area contributed by atoms with E-state index in [0.29, 0.717) is 22.9 Å². The normalized spacial score (nSPS) is 17.6. The number of pyridine rings is 1. The van der Waals surface area contributed by atoms with Crippen LogP contribution in [0.25, 0.3) is 10.9 Å². The molecule has 0 bridgehead atoms. The molecule has 1 unspecified atom stereocenters. The summed E-state index contributed by atoms with van der Waals surface area (Å²) in [6.45, 7) is 1.29. The molecular weight excluding hydrogens is 338 g/mol. The van der Waals surface area contributed by atoms with Crippen LogP contribution < -0.4 is 4.74 Å². The number of benzene rings is 1. The summed E-state index contributed by atoms with van der Waals surface area (Å²) in [5, 5.41) is 1.44. The molecule has 128 valence electrons. The molecule has 1 aliphatic heterocycles. The molecule has 1 fully saturated rings. The van der Waals surface area contributed by atoms with Crippen molar-refractivity contribution in [3.05, 3.63) is 59.5 Å². The molecule has 0 saturated carbocycles. The number of halogens is 1. The summed E-state index contributed by atoms with van der Waals surface area (Å²) >= 11 is 6.12. The van der Waals surface area contributed by atoms with Gasteiger partial charge in [-0.25, -0.2) is 0 Å². The van der Waals surface area contributed by atoms with Gasteiger partial charge in [-0.15, -0.1) is 0 Å². The molecule has 3 heterocycles. The first kappa shape index (κ1) is 16.0. The Morgan fingerprint density at radius 1 is 1.32 bits per heavy atom. The Kier molecular flexibility index (Phi) is 4.32. The summed E-state index contributed by atoms with van der Waals surface area (Å²) in [7, 11) is 0. The second kappa shape index (κ2) is 6.76. The SMILES string of the molecule is O=C(c1c[nH]c2ccccc12)N1CCCC(Oc2ccncc2Cl)C1. The van der Waals surface area contributed by atoms with Gasteiger partial charge in [-0.1, -0.05) is 29.8 Å². The highest BCUT2D eigenvalue weighted by atomic mass is 35.5. The number of likely N-dealkylation sites (tertiary alicyclic amines) is 1. The maximum absolute atomic E-state index is 13.0. The maximum atomic E-state index is 13.0. The number of aromatic nitrogens is 2. The molecule has 1 saturated heterocycles. The van der Waals surface area contributed by atoms with Crippen molar-refractivity contribution >= 4 is 28.4 Å². The van der Waals surface area contributed by atoms with Gasteiger partial charge in [-0.05, 0) is 18.9 Å². The van der Waals surface area contributed by atoms with Crippen LogP contribution in [0.3, 0.4) is 0 Å². The molecule has 0 aliphatic carbocycles. The fourth-order valence-electron chi connectivity index (χ4n) is 3.28. The van der Waals surface area contributed by atoms with E-state index in [2.05, 4.69) is 9.97 Å². The summed E-state index contributed by atoms with van der Waals surface area (Å²) in [6.07, 6.45) is 6.74. The van der Waals surface area contributed by atoms with Crippen LogP contribution in [0.4, 0.5) is 0 Å². The molecular formula is C19H18ClN3O2. The summed E-state index contributed by atoms with van der Waals surface area (Å²) in [5.41, 5.74) is 1.68. The number of nitrogens with one attached hydrogen (secondary N) is 1. The van der Waals surface area contributed by atoms with Crippen molar-refractivity contribution in [3.63, 3.8) is 0 Å². The third-order valence-electron chi connectivity index (χ3n) is 4.51. The summed E-state index contributed by atoms with van der Waals surface area (Å²) < 4.78 is 6.00. The highest BCUT2D eigenvalue weighted by Gasteiger charge is 2.27. The molecule has 25 heavy (non-hydrogen) atoms. The number of H-pyrrole nitrogens is 1. The van der Waals surface area contributed by atoms with Gasteiger partial charge in [0.05, 0.1) is 12.1 Å². The molecule has 4 rings (SSSR count). The van der Waals surface area contributed by atoms with Gasteiger partial charge in [0, 0.05) is 42.1 Å². The van der Waals surface area contributed by atoms with E-state index in [9.17, 15) is 4.79 Å². The Morgan fingerprint density at radius 2 is 2.20 bits per heavy atom. The molecule has 0 radical (unpaired) electrons. The zero-order chi connectivity index (χ0) is 17.2. The van der Waals surface area contributed by atoms with Gasteiger partial charge in [-0.2, -0.15) is 0 Å². The first-order valence-electron chi connectivity index (χ1n) is 8.34. The lowest BCUT2D eigenvalue weighted by molar-refractivity contribution is 0.0540. The van der Waals surface area contributed by atoms with Gasteiger partial charge in [0.1, 0.15) is 16.9 Å². The molecule has 1 aliphatic rings. The minimum atomic E-state index is -0.0668. The maximum Gasteiger partial charge on any atom is 0.256 e. The van der Waals surface area contributed by atoms with Crippen molar-refractivity contribution in [2.24, 2.45) is 0 Å². The number of hydrogen-bond donors (Lipinski definition) is 1. The number of fused-ring (bicyclic) bond motifs is 1. The van der Waals surface area contributed by atoms with E-state index in [1.165, 1.54) is 0 Å². The lowest BCUT2D eigenvalue weighted by atomic mass is 10.1. The predicted molar refractivity (Wildman–Crippen MR) is 97.1 cm³/mol. The van der Waals surface area contributed by atoms with Crippen LogP contribution in [0.15, 0.2) is 48.9 Å². The fraction of sp³-hybridized carbons (Fsp3) is 0.263. The summed E-state index contributed by atoms with van der Waals surface area (Å²) in [5.74, 6) is 0.648. The molecule has 1 N–H and O–H groups in total. The van der Waals surface area contributed by atoms with Crippen molar-refractivity contribution in [1.29, 1.82) is 0 Å². The standard InChI is InChI=1S/C19H18ClN3O2/c20-16-11-21-8-7-18(16)25-13-4-3-9-23(12-13)19(24)15-10-22-17-6-2-1-5-14(15)17/h1-2,5-8,10-11,13,22H,3-4,9,12H2. The number of carbonyl (C=O) groups is 1. The van der Waals surface area contributed by atoms with Crippen molar-refractivity contribution in [2.45, 2.75) is 18.9 Å². The number of carbonyl (C=O) groups excluding carboxylic acids is 1. The molecule has 6 heteroatoms. The lowest BCUT2D eigenvalue weighted by Crippen LogP contribution is -2.44. The first-order chi connectivity index (χ1) is 12.2. The van der Waals surface area contributed by atoms with Crippen LogP contribution in [0.1, 0.15) is 23.2 Å². The second-order valence-corrected chi connectivity index (χ2v) is 6.59. The fourth-order valence-corrected chi connectivity index (χ4v) is 3.44. The van der Waals surface area contributed by atoms with E-state index in [-0.39, 0.29) is 12.0 Å². The number of rotatable bonds is 3. The van der Waals surface area contributed by atoms with Crippen LogP contribution in [0, 0.1) is 0 Å². The molecule has 5 nitrogen and oxygen atoms in total. The topological polar surface area (TPSA) is 58.2 Å². The Labute approximate surface area is 150 Å². The number of nitrogens with zero attached hydrogens (tertiary/aromatic N) is 2. The zero-order valence-electron chi connectivity index (χ0n) is 13.6. The molecule has 1 amide bonds. The third-order valence-corrected chi connectivity index (χ3v) is 4.80. The number of para-hydroxylation sites is 1. The monoisotopic (exact) mass is 355 g/mol. The van der Waals surface area contributed by atoms with Gasteiger partial charge in [0.2, 0.25) is 0 Å². The molecule has 0 spiro atoms. The Bertz CT molecular complexity index is 908. The van der Waals surface area contributed by atoms with Crippen molar-refractivity contribution < 1.29 is 9.53 Å². The van der Waals surface area contributed by atoms with Crippen molar-refractivity contribution in [1.82, 2.24) is 14.9 Å². The predicted octanol–water partition coefficient (Wildman–Crippen LogP) is 3.90. The van der Waals surface area contributed by atoms with E-state index in [1.54, 1.807) is 24.7 Å². The van der Waals surface area contributed by atoms with Gasteiger partial charge >= 0.3 is 0 Å². The summed E-state index contributed by atoms with van der Waals surface area (Å²) in [4.78, 5) is 21.9. The van der Waals surface area contributed by atoms with Crippen molar-refractivity contribution in [3.8, 4) is 5.75 Å². The molecule has 1 atom stereocenters. The Morgan fingerprint density at radius 3 is 3.08 bits per heavy atom. The van der Waals surface area contributed by atoms with Gasteiger partial charge < -0.3 is 14.6 Å². The number of ether oxygens (including phenoxy) is 1. The average molecular weight is 356 g/mol. The first-order valence-corrected chi connectivity index (χ1v) is 8.72. The number of piperidine rings is 1. The smallest absolute Gasteiger partial charge is 0.256 e. The largest absolute Gasteiger partial charge is 0.487 e. The van der Waals surface area contributed by atoms with Crippen LogP contribution in [0.2, 0.25) is 5.02 Å². The van der Waals surface area contributed by atoms with E-state index in [1.807, 2.05) is 29.2 Å². The minimum absolute atomic E-state index is 0.0339. The van der Waals surface area contributed by atoms with Crippen LogP contribution in [-0.4, -0.2) is 40.0 Å². The number of hydrogen-bond acceptors (Lipinski definition) is 3. The van der Waals surface area contributed by atoms with Crippen LogP contribution >= 0.6 is 11.6 Å². The van der Waals surface area contributed by atoms with E-state index >= 15 is 0 Å². The lowest BCUT2D eigenvalue weighted by Gasteiger charge is -2.33. The second-order valence-electron chi connectivity index (χ2n) is 6.19. The third kappa shape index (κ3) is 3.20. The Balaban J connectivity index is 1.51. The van der Waals surface area contributed by atoms with Gasteiger partial charge in [0.25, 0.3) is 5.91 Å². The van der Waals surface area contributed by atoms with Gasteiger partial charge in [-0.3, -0.25) is 9.78 Å². The molecule has 1 aromatic carbocycles. The van der Waals surface area contributed by atoms with E-state index in [4.69, 9.17) is 16.3 Å². The highest BCUT2D eigenvalue weighted by molar-refractivity contribution is 6.31. The average Bonchev–Trinajstić information content (AvgIpc) is 3.07. The van der Waals surface area contributed by atoms with Crippen molar-refractivity contribution in [2.75, 3.05) is 13.1 Å². The number of aromatic amines is 1. The van der Waals surface area contributed by atoms with E-state index < -0.39 is 0 Å². The van der Waals surface area contributed by atoms with Crippen LogP contribution in [0.5, 0.6) is 5.75 Å². The van der Waals surface area contributed by atoms with Gasteiger partial charge in [0.15, 0.2) is 0 Å². The highest BCUT2D eigenvalue weighted by Crippen LogP contribution is 2.27. The minimum Gasteiger partial charge on any atom is -0.487 e. The Hall–Kier alpha value is -2.53.